The van der Waals surface area contributed by atoms with Crippen LogP contribution in [-0.2, 0) is 4.79 Å². The number of aliphatic hydroxyl groups excluding tert-OH is 1. The van der Waals surface area contributed by atoms with Crippen molar-refractivity contribution in [3.63, 3.8) is 0 Å². The third kappa shape index (κ3) is 4.73. The molecule has 0 radical (unpaired) electrons. The number of rotatable bonds is 5. The van der Waals surface area contributed by atoms with Crippen LogP contribution in [0.3, 0.4) is 0 Å². The Morgan fingerprint density at radius 2 is 2.00 bits per heavy atom. The van der Waals surface area contributed by atoms with Crippen molar-refractivity contribution in [2.75, 3.05) is 24.5 Å². The van der Waals surface area contributed by atoms with Gasteiger partial charge < -0.3 is 14.9 Å². The highest BCUT2D eigenvalue weighted by Crippen LogP contribution is 2.67. The zero-order valence-corrected chi connectivity index (χ0v) is 24.7. The summed E-state index contributed by atoms with van der Waals surface area (Å²) in [5, 5.41) is 10.3. The first-order chi connectivity index (χ1) is 18.7. The zero-order chi connectivity index (χ0) is 27.4. The Hall–Kier alpha value is -1.95. The van der Waals surface area contributed by atoms with E-state index in [2.05, 4.69) is 53.5 Å². The first-order valence-corrected chi connectivity index (χ1v) is 15.9. The predicted octanol–water partition coefficient (Wildman–Crippen LogP) is 5.87. The molecule has 3 saturated carbocycles. The van der Waals surface area contributed by atoms with Gasteiger partial charge in [0.1, 0.15) is 12.1 Å². The van der Waals surface area contributed by atoms with Crippen molar-refractivity contribution in [1.29, 1.82) is 0 Å². The second-order valence-corrected chi connectivity index (χ2v) is 14.4. The van der Waals surface area contributed by atoms with Gasteiger partial charge in [-0.05, 0) is 111 Å². The summed E-state index contributed by atoms with van der Waals surface area (Å²) in [6.45, 7) is 12.2. The maximum Gasteiger partial charge on any atom is 0.222 e. The number of carbonyl (C=O) groups is 1. The van der Waals surface area contributed by atoms with Crippen LogP contribution in [0.15, 0.2) is 30.2 Å². The summed E-state index contributed by atoms with van der Waals surface area (Å²) >= 11 is 0. The maximum absolute atomic E-state index is 13.3. The molecule has 4 fully saturated rings. The molecule has 6 rings (SSSR count). The van der Waals surface area contributed by atoms with E-state index in [1.807, 2.05) is 6.07 Å². The number of hydrogen-bond donors (Lipinski definition) is 1. The highest BCUT2D eigenvalue weighted by atomic mass is 16.3. The molecular weight excluding hydrogens is 484 g/mol. The summed E-state index contributed by atoms with van der Waals surface area (Å²) < 4.78 is 0. The van der Waals surface area contributed by atoms with E-state index < -0.39 is 0 Å². The third-order valence-corrected chi connectivity index (χ3v) is 12.5. The lowest BCUT2D eigenvalue weighted by atomic mass is 9.47. The highest BCUT2D eigenvalue weighted by Gasteiger charge is 2.59. The lowest BCUT2D eigenvalue weighted by Crippen LogP contribution is -2.54. The van der Waals surface area contributed by atoms with Crippen LogP contribution in [-0.4, -0.2) is 57.7 Å². The van der Waals surface area contributed by atoms with Gasteiger partial charge in [-0.1, -0.05) is 32.4 Å². The standard InChI is InChI=1S/C33H50N4O2/c1-22(5-10-31(39)36-17-18-37(23(2)20-36)30-13-16-34-21-35-30)27-8-9-28-26-7-6-24-19-25(38)11-14-32(24,3)29(26)12-15-33(27,28)4/h6,13,16,21-23,25-29,38H,5,7-12,14-15,17-20H2,1-4H3/t22?,23-,25-,26-,27+,28-,29-,32-,33+/m0/s1. The van der Waals surface area contributed by atoms with E-state index in [1.165, 1.54) is 38.5 Å². The lowest BCUT2D eigenvalue weighted by Gasteiger charge is -2.58. The smallest absolute Gasteiger partial charge is 0.222 e. The van der Waals surface area contributed by atoms with Crippen molar-refractivity contribution in [3.05, 3.63) is 30.2 Å². The molecule has 9 atom stereocenters. The molecule has 0 bridgehead atoms. The zero-order valence-electron chi connectivity index (χ0n) is 24.7. The van der Waals surface area contributed by atoms with Gasteiger partial charge in [-0.25, -0.2) is 9.97 Å². The number of hydrogen-bond acceptors (Lipinski definition) is 5. The van der Waals surface area contributed by atoms with Crippen molar-refractivity contribution in [1.82, 2.24) is 14.9 Å². The molecule has 1 saturated heterocycles. The first-order valence-electron chi connectivity index (χ1n) is 15.9. The molecule has 6 heteroatoms. The quantitative estimate of drug-likeness (QED) is 0.479. The number of aliphatic hydroxyl groups is 1. The second kappa shape index (κ2) is 10.5. The molecule has 0 spiro atoms. The van der Waals surface area contributed by atoms with E-state index in [1.54, 1.807) is 18.1 Å². The monoisotopic (exact) mass is 534 g/mol. The summed E-state index contributed by atoms with van der Waals surface area (Å²) in [6.07, 6.45) is 17.2. The van der Waals surface area contributed by atoms with Crippen molar-refractivity contribution in [2.24, 2.45) is 40.4 Å². The third-order valence-electron chi connectivity index (χ3n) is 12.5. The van der Waals surface area contributed by atoms with E-state index in [0.717, 1.165) is 68.4 Å². The Morgan fingerprint density at radius 1 is 1.15 bits per heavy atom. The highest BCUT2D eigenvalue weighted by molar-refractivity contribution is 5.76. The number of allylic oxidation sites excluding steroid dienone is 1. The van der Waals surface area contributed by atoms with Gasteiger partial charge in [0.25, 0.3) is 0 Å². The number of anilines is 1. The Kier molecular flexibility index (Phi) is 7.31. The van der Waals surface area contributed by atoms with E-state index in [0.29, 0.717) is 29.1 Å². The Bertz CT molecular complexity index is 1080. The van der Waals surface area contributed by atoms with Crippen LogP contribution in [0.25, 0.3) is 0 Å². The molecule has 4 aliphatic carbocycles. The largest absolute Gasteiger partial charge is 0.393 e. The number of piperazine rings is 1. The van der Waals surface area contributed by atoms with E-state index in [9.17, 15) is 9.90 Å². The molecular formula is C33H50N4O2. The molecule has 5 aliphatic rings. The normalized spacial score (nSPS) is 40.8. The Balaban J connectivity index is 1.05. The minimum Gasteiger partial charge on any atom is -0.393 e. The van der Waals surface area contributed by atoms with Gasteiger partial charge >= 0.3 is 0 Å². The molecule has 6 nitrogen and oxygen atoms in total. The summed E-state index contributed by atoms with van der Waals surface area (Å²) in [4.78, 5) is 26.1. The van der Waals surface area contributed by atoms with Gasteiger partial charge in [0.05, 0.1) is 6.10 Å². The van der Waals surface area contributed by atoms with E-state index in [4.69, 9.17) is 0 Å². The first kappa shape index (κ1) is 27.2. The van der Waals surface area contributed by atoms with Crippen LogP contribution in [0.4, 0.5) is 5.82 Å². The average Bonchev–Trinajstić information content (AvgIpc) is 3.29. The van der Waals surface area contributed by atoms with E-state index >= 15 is 0 Å². The van der Waals surface area contributed by atoms with Crippen molar-refractivity contribution in [2.45, 2.75) is 104 Å². The molecule has 1 aliphatic heterocycles. The molecule has 214 valence electrons. The maximum atomic E-state index is 13.3. The van der Waals surface area contributed by atoms with Crippen LogP contribution in [0.2, 0.25) is 0 Å². The van der Waals surface area contributed by atoms with Crippen LogP contribution >= 0.6 is 0 Å². The molecule has 2 heterocycles. The molecule has 0 aromatic carbocycles. The number of aromatic nitrogens is 2. The Morgan fingerprint density at radius 3 is 2.77 bits per heavy atom. The van der Waals surface area contributed by atoms with Gasteiger partial charge in [0, 0.05) is 38.3 Å². The molecule has 1 aromatic rings. The minimum absolute atomic E-state index is 0.125. The average molecular weight is 535 g/mol. The number of nitrogens with zero attached hydrogens (tertiary/aromatic N) is 4. The predicted molar refractivity (Wildman–Crippen MR) is 155 cm³/mol. The second-order valence-electron chi connectivity index (χ2n) is 14.4. The summed E-state index contributed by atoms with van der Waals surface area (Å²) in [5.41, 5.74) is 2.30. The summed E-state index contributed by atoms with van der Waals surface area (Å²) in [7, 11) is 0. The SMILES string of the molecule is CC(CCC(=O)N1CCN(c2ccncn2)[C@@H](C)C1)[C@H]1CC[C@H]2[C@@H]3CC=C4C[C@@H](O)CC[C@]4(C)[C@H]3CC[C@]12C. The van der Waals surface area contributed by atoms with Crippen LogP contribution in [0.5, 0.6) is 0 Å². The topological polar surface area (TPSA) is 69.6 Å². The van der Waals surface area contributed by atoms with Crippen LogP contribution < -0.4 is 4.90 Å². The molecule has 1 amide bonds. The summed E-state index contributed by atoms with van der Waals surface area (Å²) in [6, 6.07) is 2.22. The van der Waals surface area contributed by atoms with Gasteiger partial charge in [-0.15, -0.1) is 0 Å². The summed E-state index contributed by atoms with van der Waals surface area (Å²) in [5.74, 6) is 5.03. The fourth-order valence-electron chi connectivity index (χ4n) is 10.3. The Labute approximate surface area is 235 Å². The molecule has 1 N–H and O–H groups in total. The number of carbonyl (C=O) groups excluding carboxylic acids is 1. The van der Waals surface area contributed by atoms with Crippen LogP contribution in [0.1, 0.15) is 91.9 Å². The molecule has 1 unspecified atom stereocenters. The minimum atomic E-state index is -0.125. The van der Waals surface area contributed by atoms with Gasteiger partial charge in [0.2, 0.25) is 5.91 Å². The van der Waals surface area contributed by atoms with E-state index in [-0.39, 0.29) is 12.1 Å². The van der Waals surface area contributed by atoms with Crippen molar-refractivity contribution >= 4 is 11.7 Å². The van der Waals surface area contributed by atoms with Gasteiger partial charge in [-0.2, -0.15) is 0 Å². The van der Waals surface area contributed by atoms with Crippen LogP contribution in [0, 0.1) is 40.4 Å². The van der Waals surface area contributed by atoms with Crippen molar-refractivity contribution < 1.29 is 9.90 Å². The van der Waals surface area contributed by atoms with Crippen molar-refractivity contribution in [3.8, 4) is 0 Å². The van der Waals surface area contributed by atoms with Gasteiger partial charge in [0.15, 0.2) is 0 Å². The lowest BCUT2D eigenvalue weighted by molar-refractivity contribution is -0.132. The number of fused-ring (bicyclic) bond motifs is 5. The fraction of sp³-hybridized carbons (Fsp3) is 0.788. The fourth-order valence-corrected chi connectivity index (χ4v) is 10.3. The number of amides is 1. The van der Waals surface area contributed by atoms with Gasteiger partial charge in [-0.3, -0.25) is 4.79 Å². The molecule has 1 aromatic heterocycles. The molecule has 39 heavy (non-hydrogen) atoms.